The minimum atomic E-state index is -4.13. The van der Waals surface area contributed by atoms with Crippen LogP contribution in [0.3, 0.4) is 0 Å². The topological polar surface area (TPSA) is 294 Å². The van der Waals surface area contributed by atoms with E-state index in [4.69, 9.17) is 28.3 Å². The van der Waals surface area contributed by atoms with Gasteiger partial charge < -0.3 is 15.3 Å². The standard InChI is InChI=1S/C19H21N3O8S2.C16H15Cl2N3O6S2/c1-2-21(31(27,28)15-7-3-13(4-8-15)5-10-19(25)26)14-6-9-16(17(23)11-14)22-12-18(24)20-32(22,29)30;17-12-3-2-11(8-13(12)18)28(24,25)19-6-5-10-1-4-14(15(22)7-10)21-9-16(23)20-29(21,26)27/h3-4,6-9,11,23H,2,5,10,12H2,1H3,(H,20,24)(H,25,26);1-4,7-8,19,22H,5-6,9H2,(H,20,23). The third-order valence-electron chi connectivity index (χ3n) is 8.80. The maximum atomic E-state index is 13.1. The van der Waals surface area contributed by atoms with Crippen molar-refractivity contribution in [3.63, 3.8) is 0 Å². The van der Waals surface area contributed by atoms with E-state index in [0.717, 1.165) is 14.7 Å². The zero-order chi connectivity index (χ0) is 45.1. The highest BCUT2D eigenvalue weighted by atomic mass is 35.5. The first-order valence-corrected chi connectivity index (χ1v) is 24.1. The number of rotatable bonds is 14. The molecule has 0 spiro atoms. The number of nitrogens with zero attached hydrogens (tertiary/aromatic N) is 3. The summed E-state index contributed by atoms with van der Waals surface area (Å²) in [6, 6.07) is 17.6. The lowest BCUT2D eigenvalue weighted by atomic mass is 10.1. The Kier molecular flexibility index (Phi) is 14.0. The van der Waals surface area contributed by atoms with Gasteiger partial charge in [0.05, 0.1) is 36.9 Å². The number of hydrogen-bond acceptors (Lipinski definition) is 13. The molecule has 0 radical (unpaired) electrons. The van der Waals surface area contributed by atoms with Crippen molar-refractivity contribution < 1.29 is 63.4 Å². The normalized spacial score (nSPS) is 15.7. The fraction of sp³-hybridized carbons (Fsp3) is 0.229. The number of amides is 2. The summed E-state index contributed by atoms with van der Waals surface area (Å²) in [5.74, 6) is -3.28. The minimum Gasteiger partial charge on any atom is -0.506 e. The molecule has 6 N–H and O–H groups in total. The molecule has 0 aromatic heterocycles. The van der Waals surface area contributed by atoms with Crippen molar-refractivity contribution in [2.24, 2.45) is 0 Å². The summed E-state index contributed by atoms with van der Waals surface area (Å²) < 4.78 is 107. The van der Waals surface area contributed by atoms with Gasteiger partial charge in [-0.1, -0.05) is 41.4 Å². The summed E-state index contributed by atoms with van der Waals surface area (Å²) in [6.07, 6.45) is 0.407. The summed E-state index contributed by atoms with van der Waals surface area (Å²) in [5.41, 5.74) is 1.11. The monoisotopic (exact) mass is 962 g/mol. The number of aryl methyl sites for hydroxylation is 1. The molecule has 4 aromatic rings. The Morgan fingerprint density at radius 2 is 1.26 bits per heavy atom. The van der Waals surface area contributed by atoms with Gasteiger partial charge in [-0.15, -0.1) is 0 Å². The van der Waals surface area contributed by atoms with E-state index in [-0.39, 0.29) is 75.0 Å². The molecule has 2 fully saturated rings. The number of sulfonamides is 2. The maximum absolute atomic E-state index is 13.1. The van der Waals surface area contributed by atoms with Gasteiger partial charge in [0.1, 0.15) is 24.6 Å². The van der Waals surface area contributed by atoms with Gasteiger partial charge >= 0.3 is 26.4 Å². The fourth-order valence-corrected chi connectivity index (χ4v) is 11.1. The van der Waals surface area contributed by atoms with Crippen LogP contribution in [0.2, 0.25) is 10.0 Å². The Balaban J connectivity index is 0.000000232. The molecule has 328 valence electrons. The van der Waals surface area contributed by atoms with Crippen LogP contribution in [0.4, 0.5) is 17.1 Å². The molecule has 0 saturated carbocycles. The Morgan fingerprint density at radius 3 is 1.74 bits per heavy atom. The second-order valence-corrected chi connectivity index (χ2v) is 20.6. The molecule has 2 aliphatic rings. The zero-order valence-corrected chi connectivity index (χ0v) is 36.3. The molecule has 4 aromatic carbocycles. The summed E-state index contributed by atoms with van der Waals surface area (Å²) in [6.45, 7) is 0.697. The second kappa shape index (κ2) is 18.3. The van der Waals surface area contributed by atoms with Crippen molar-refractivity contribution in [2.75, 3.05) is 39.1 Å². The Labute approximate surface area is 360 Å². The Hall–Kier alpha value is -5.37. The lowest BCUT2D eigenvalue weighted by Crippen LogP contribution is -2.31. The number of carboxylic acids is 1. The zero-order valence-electron chi connectivity index (χ0n) is 31.5. The summed E-state index contributed by atoms with van der Waals surface area (Å²) in [5, 5.41) is 29.6. The van der Waals surface area contributed by atoms with E-state index < -0.39 is 77.1 Å². The molecule has 0 aliphatic carbocycles. The number of phenolic OH excluding ortho intramolecular Hbond substituents is 2. The molecule has 2 heterocycles. The van der Waals surface area contributed by atoms with Gasteiger partial charge in [0.15, 0.2) is 0 Å². The number of carbonyl (C=O) groups is 3. The summed E-state index contributed by atoms with van der Waals surface area (Å²) in [7, 11) is -16.0. The summed E-state index contributed by atoms with van der Waals surface area (Å²) in [4.78, 5) is 33.4. The first-order chi connectivity index (χ1) is 28.4. The van der Waals surface area contributed by atoms with E-state index in [1.165, 1.54) is 72.8 Å². The van der Waals surface area contributed by atoms with Crippen LogP contribution < -0.4 is 27.1 Å². The molecule has 0 atom stereocenters. The number of nitrogens with one attached hydrogen (secondary N) is 3. The second-order valence-electron chi connectivity index (χ2n) is 13.0. The third kappa shape index (κ3) is 10.9. The van der Waals surface area contributed by atoms with Crippen LogP contribution in [0.5, 0.6) is 11.5 Å². The van der Waals surface area contributed by atoms with Crippen LogP contribution in [0, 0.1) is 0 Å². The quantitative estimate of drug-likeness (QED) is 0.106. The molecular weight excluding hydrogens is 928 g/mol. The van der Waals surface area contributed by atoms with E-state index in [9.17, 15) is 58.3 Å². The first-order valence-electron chi connectivity index (χ1n) is 17.5. The van der Waals surface area contributed by atoms with Crippen LogP contribution in [0.25, 0.3) is 0 Å². The fourth-order valence-electron chi connectivity index (χ4n) is 5.89. The van der Waals surface area contributed by atoms with Crippen LogP contribution in [-0.4, -0.2) is 93.0 Å². The largest absolute Gasteiger partial charge is 0.506 e. The van der Waals surface area contributed by atoms with Crippen molar-refractivity contribution >= 4 is 98.5 Å². The highest BCUT2D eigenvalue weighted by Gasteiger charge is 2.37. The average Bonchev–Trinajstić information content (AvgIpc) is 3.61. The molecule has 6 rings (SSSR count). The number of benzene rings is 4. The SMILES string of the molecule is CCN(c1ccc(N2CC(=O)NS2(=O)=O)c(O)c1)S(=O)(=O)c1ccc(CCC(=O)O)cc1.O=C1CN(c2ccc(CCNS(=O)(=O)c3ccc(Cl)c(Cl)c3)cc2O)S(=O)(=O)N1. The molecule has 2 amide bonds. The predicted octanol–water partition coefficient (Wildman–Crippen LogP) is 2.21. The number of carboxylic acid groups (broad SMARTS) is 1. The van der Waals surface area contributed by atoms with Crippen LogP contribution >= 0.6 is 23.2 Å². The van der Waals surface area contributed by atoms with Crippen molar-refractivity contribution in [3.05, 3.63) is 100 Å². The lowest BCUT2D eigenvalue weighted by Gasteiger charge is -2.24. The molecule has 61 heavy (non-hydrogen) atoms. The minimum absolute atomic E-state index is 0.0173. The first kappa shape index (κ1) is 46.7. The average molecular weight is 964 g/mol. The van der Waals surface area contributed by atoms with Crippen molar-refractivity contribution in [1.82, 2.24) is 14.2 Å². The molecule has 2 aliphatic heterocycles. The van der Waals surface area contributed by atoms with Crippen LogP contribution in [0.1, 0.15) is 24.5 Å². The summed E-state index contributed by atoms with van der Waals surface area (Å²) >= 11 is 11.6. The van der Waals surface area contributed by atoms with E-state index >= 15 is 0 Å². The van der Waals surface area contributed by atoms with Crippen molar-refractivity contribution in [1.29, 1.82) is 0 Å². The highest BCUT2D eigenvalue weighted by Crippen LogP contribution is 2.36. The molecule has 0 bridgehead atoms. The van der Waals surface area contributed by atoms with E-state index in [1.54, 1.807) is 11.6 Å². The van der Waals surface area contributed by atoms with E-state index in [2.05, 4.69) is 4.72 Å². The number of carbonyl (C=O) groups excluding carboxylic acids is 2. The number of aromatic hydroxyl groups is 2. The third-order valence-corrected chi connectivity index (χ3v) is 15.7. The molecule has 2 saturated heterocycles. The van der Waals surface area contributed by atoms with Crippen LogP contribution in [-0.2, 0) is 67.7 Å². The Bertz CT molecular complexity index is 2830. The van der Waals surface area contributed by atoms with Gasteiger partial charge in [0, 0.05) is 25.6 Å². The molecular formula is C35H36Cl2N6O14S4. The van der Waals surface area contributed by atoms with Gasteiger partial charge in [0.2, 0.25) is 10.0 Å². The van der Waals surface area contributed by atoms with Gasteiger partial charge in [-0.05, 0) is 85.5 Å². The van der Waals surface area contributed by atoms with E-state index in [0.29, 0.717) is 15.4 Å². The molecule has 26 heteroatoms. The highest BCUT2D eigenvalue weighted by molar-refractivity contribution is 7.93. The number of aliphatic carboxylic acids is 1. The van der Waals surface area contributed by atoms with Gasteiger partial charge in [-0.25, -0.2) is 39.6 Å². The number of anilines is 3. The Morgan fingerprint density at radius 1 is 0.738 bits per heavy atom. The smallest absolute Gasteiger partial charge is 0.326 e. The lowest BCUT2D eigenvalue weighted by molar-refractivity contribution is -0.137. The van der Waals surface area contributed by atoms with Gasteiger partial charge in [-0.3, -0.25) is 18.7 Å². The van der Waals surface area contributed by atoms with Gasteiger partial charge in [0.25, 0.3) is 21.8 Å². The molecule has 0 unspecified atom stereocenters. The number of hydrogen-bond donors (Lipinski definition) is 6. The number of halogens is 2. The molecule has 20 nitrogen and oxygen atoms in total. The van der Waals surface area contributed by atoms with Crippen molar-refractivity contribution in [3.8, 4) is 11.5 Å². The predicted molar refractivity (Wildman–Crippen MR) is 223 cm³/mol. The van der Waals surface area contributed by atoms with E-state index in [1.807, 2.05) is 4.72 Å². The maximum Gasteiger partial charge on any atom is 0.326 e. The van der Waals surface area contributed by atoms with Gasteiger partial charge in [-0.2, -0.15) is 16.8 Å². The van der Waals surface area contributed by atoms with Crippen molar-refractivity contribution in [2.45, 2.75) is 36.0 Å². The van der Waals surface area contributed by atoms with Crippen LogP contribution in [0.15, 0.2) is 88.7 Å². The number of phenols is 2.